The highest BCUT2D eigenvalue weighted by atomic mass is 16.5. The summed E-state index contributed by atoms with van der Waals surface area (Å²) in [6.45, 7) is 6.59. The Morgan fingerprint density at radius 2 is 1.95 bits per heavy atom. The van der Waals surface area contributed by atoms with Crippen molar-refractivity contribution in [1.29, 1.82) is 0 Å². The average Bonchev–Trinajstić information content (AvgIpc) is 2.50. The molecule has 1 heterocycles. The zero-order valence-corrected chi connectivity index (χ0v) is 12.7. The number of carbonyl (C=O) groups is 2. The van der Waals surface area contributed by atoms with E-state index in [1.54, 1.807) is 11.8 Å². The first-order valence-electron chi connectivity index (χ1n) is 7.31. The van der Waals surface area contributed by atoms with Gasteiger partial charge in [0.2, 0.25) is 5.91 Å². The molecule has 0 saturated carbocycles. The van der Waals surface area contributed by atoms with E-state index in [-0.39, 0.29) is 17.9 Å². The van der Waals surface area contributed by atoms with E-state index in [0.29, 0.717) is 13.2 Å². The number of hydrogen-bond acceptors (Lipinski definition) is 3. The lowest BCUT2D eigenvalue weighted by Crippen LogP contribution is -2.61. The molecule has 114 valence electrons. The maximum atomic E-state index is 12.7. The first-order chi connectivity index (χ1) is 10.1. The normalized spacial score (nSPS) is 23.9. The van der Waals surface area contributed by atoms with Crippen molar-refractivity contribution in [2.45, 2.75) is 38.9 Å². The third-order valence-electron chi connectivity index (χ3n) is 3.76. The molecular weight excluding hydrogens is 268 g/mol. The summed E-state index contributed by atoms with van der Waals surface area (Å²) in [5, 5.41) is 2.80. The van der Waals surface area contributed by atoms with Gasteiger partial charge in [0, 0.05) is 6.61 Å². The average molecular weight is 290 g/mol. The van der Waals surface area contributed by atoms with Crippen LogP contribution in [-0.4, -0.2) is 42.0 Å². The minimum atomic E-state index is -0.612. The number of carbonyl (C=O) groups excluding carboxylic acids is 2. The number of nitrogens with one attached hydrogen (secondary N) is 1. The second-order valence-corrected chi connectivity index (χ2v) is 5.28. The summed E-state index contributed by atoms with van der Waals surface area (Å²) in [6, 6.07) is 8.09. The van der Waals surface area contributed by atoms with Crippen molar-refractivity contribution in [3.63, 3.8) is 0 Å². The molecule has 5 heteroatoms. The Balaban J connectivity index is 2.23. The van der Waals surface area contributed by atoms with Crippen molar-refractivity contribution in [2.75, 3.05) is 13.2 Å². The van der Waals surface area contributed by atoms with E-state index >= 15 is 0 Å². The Morgan fingerprint density at radius 3 is 2.57 bits per heavy atom. The molecule has 1 N–H and O–H groups in total. The molecule has 0 spiro atoms. The first kappa shape index (κ1) is 15.5. The van der Waals surface area contributed by atoms with Crippen molar-refractivity contribution in [1.82, 2.24) is 10.2 Å². The second kappa shape index (κ2) is 6.72. The molecule has 2 amide bonds. The van der Waals surface area contributed by atoms with Crippen LogP contribution in [0.25, 0.3) is 0 Å². The minimum Gasteiger partial charge on any atom is -0.380 e. The number of piperazine rings is 1. The number of benzene rings is 1. The van der Waals surface area contributed by atoms with Crippen molar-refractivity contribution >= 4 is 11.8 Å². The van der Waals surface area contributed by atoms with Gasteiger partial charge < -0.3 is 15.0 Å². The van der Waals surface area contributed by atoms with E-state index in [2.05, 4.69) is 5.32 Å². The third-order valence-corrected chi connectivity index (χ3v) is 3.76. The van der Waals surface area contributed by atoms with Crippen LogP contribution in [0.4, 0.5) is 0 Å². The summed E-state index contributed by atoms with van der Waals surface area (Å²) in [5.41, 5.74) is 0.802. The first-order valence-corrected chi connectivity index (χ1v) is 7.31. The predicted molar refractivity (Wildman–Crippen MR) is 79.6 cm³/mol. The van der Waals surface area contributed by atoms with Crippen LogP contribution < -0.4 is 5.32 Å². The predicted octanol–water partition coefficient (Wildman–Crippen LogP) is 1.50. The smallest absolute Gasteiger partial charge is 0.250 e. The second-order valence-electron chi connectivity index (χ2n) is 5.28. The molecule has 3 unspecified atom stereocenters. The summed E-state index contributed by atoms with van der Waals surface area (Å²) in [5.74, 6) is -0.215. The molecule has 2 rings (SSSR count). The van der Waals surface area contributed by atoms with Gasteiger partial charge in [0.1, 0.15) is 12.1 Å². The van der Waals surface area contributed by atoms with E-state index in [0.717, 1.165) is 5.56 Å². The SMILES string of the molecule is CCOCC(C)N1C(=O)C(c2ccccc2)NC(=O)C1C. The van der Waals surface area contributed by atoms with Crippen LogP contribution in [0.15, 0.2) is 30.3 Å². The van der Waals surface area contributed by atoms with Crippen LogP contribution in [0.5, 0.6) is 0 Å². The number of rotatable bonds is 5. The molecule has 0 aliphatic carbocycles. The number of amides is 2. The van der Waals surface area contributed by atoms with E-state index in [1.165, 1.54) is 0 Å². The Labute approximate surface area is 125 Å². The fraction of sp³-hybridized carbons (Fsp3) is 0.500. The van der Waals surface area contributed by atoms with Gasteiger partial charge >= 0.3 is 0 Å². The van der Waals surface area contributed by atoms with Crippen LogP contribution in [0.3, 0.4) is 0 Å². The van der Waals surface area contributed by atoms with Gasteiger partial charge in [-0.3, -0.25) is 9.59 Å². The highest BCUT2D eigenvalue weighted by molar-refractivity contribution is 5.97. The molecule has 1 aliphatic heterocycles. The van der Waals surface area contributed by atoms with Crippen LogP contribution in [0, 0.1) is 0 Å². The quantitative estimate of drug-likeness (QED) is 0.894. The van der Waals surface area contributed by atoms with Gasteiger partial charge in [-0.15, -0.1) is 0 Å². The monoisotopic (exact) mass is 290 g/mol. The molecule has 1 aliphatic rings. The highest BCUT2D eigenvalue weighted by Gasteiger charge is 2.40. The lowest BCUT2D eigenvalue weighted by molar-refractivity contribution is -0.152. The van der Waals surface area contributed by atoms with E-state index < -0.39 is 12.1 Å². The summed E-state index contributed by atoms with van der Waals surface area (Å²) in [6.07, 6.45) is 0. The summed E-state index contributed by atoms with van der Waals surface area (Å²) in [4.78, 5) is 26.5. The zero-order valence-electron chi connectivity index (χ0n) is 12.7. The molecule has 0 radical (unpaired) electrons. The number of nitrogens with zero attached hydrogens (tertiary/aromatic N) is 1. The highest BCUT2D eigenvalue weighted by Crippen LogP contribution is 2.23. The minimum absolute atomic E-state index is 0.0829. The van der Waals surface area contributed by atoms with Gasteiger partial charge in [0.05, 0.1) is 12.6 Å². The van der Waals surface area contributed by atoms with Crippen LogP contribution in [0.1, 0.15) is 32.4 Å². The van der Waals surface area contributed by atoms with Crippen LogP contribution in [0.2, 0.25) is 0 Å². The number of hydrogen-bond donors (Lipinski definition) is 1. The molecule has 5 nitrogen and oxygen atoms in total. The van der Waals surface area contributed by atoms with Crippen molar-refractivity contribution in [3.05, 3.63) is 35.9 Å². The largest absolute Gasteiger partial charge is 0.380 e. The van der Waals surface area contributed by atoms with Gasteiger partial charge in [-0.2, -0.15) is 0 Å². The van der Waals surface area contributed by atoms with E-state index in [1.807, 2.05) is 44.2 Å². The Morgan fingerprint density at radius 1 is 1.29 bits per heavy atom. The van der Waals surface area contributed by atoms with Crippen molar-refractivity contribution < 1.29 is 14.3 Å². The Hall–Kier alpha value is -1.88. The molecule has 1 fully saturated rings. The van der Waals surface area contributed by atoms with Gasteiger partial charge in [0.15, 0.2) is 0 Å². The fourth-order valence-corrected chi connectivity index (χ4v) is 2.63. The lowest BCUT2D eigenvalue weighted by atomic mass is 9.99. The summed E-state index contributed by atoms with van der Waals surface area (Å²) < 4.78 is 5.40. The lowest BCUT2D eigenvalue weighted by Gasteiger charge is -2.41. The maximum Gasteiger partial charge on any atom is 0.250 e. The molecule has 1 aromatic rings. The van der Waals surface area contributed by atoms with E-state index in [9.17, 15) is 9.59 Å². The molecule has 1 saturated heterocycles. The molecule has 3 atom stereocenters. The molecular formula is C16H22N2O3. The molecule has 0 aromatic heterocycles. The van der Waals surface area contributed by atoms with E-state index in [4.69, 9.17) is 4.74 Å². The van der Waals surface area contributed by atoms with Gasteiger partial charge in [-0.1, -0.05) is 30.3 Å². The molecule has 1 aromatic carbocycles. The van der Waals surface area contributed by atoms with Crippen molar-refractivity contribution in [3.8, 4) is 0 Å². The summed E-state index contributed by atoms with van der Waals surface area (Å²) >= 11 is 0. The van der Waals surface area contributed by atoms with Gasteiger partial charge in [-0.25, -0.2) is 0 Å². The number of ether oxygens (including phenoxy) is 1. The fourth-order valence-electron chi connectivity index (χ4n) is 2.63. The van der Waals surface area contributed by atoms with Crippen LogP contribution in [-0.2, 0) is 14.3 Å². The third kappa shape index (κ3) is 3.24. The topological polar surface area (TPSA) is 58.6 Å². The molecule has 21 heavy (non-hydrogen) atoms. The maximum absolute atomic E-state index is 12.7. The molecule has 0 bridgehead atoms. The van der Waals surface area contributed by atoms with Gasteiger partial charge in [-0.05, 0) is 26.3 Å². The van der Waals surface area contributed by atoms with Gasteiger partial charge in [0.25, 0.3) is 5.91 Å². The summed E-state index contributed by atoms with van der Waals surface area (Å²) in [7, 11) is 0. The Bertz CT molecular complexity index is 504. The van der Waals surface area contributed by atoms with Crippen LogP contribution >= 0.6 is 0 Å². The Kier molecular flexibility index (Phi) is 4.96. The van der Waals surface area contributed by atoms with Crippen molar-refractivity contribution in [2.24, 2.45) is 0 Å². The zero-order chi connectivity index (χ0) is 15.4. The standard InChI is InChI=1S/C16H22N2O3/c1-4-21-10-11(2)18-12(3)15(19)17-14(16(18)20)13-8-6-5-7-9-13/h5-9,11-12,14H,4,10H2,1-3H3,(H,17,19).